The highest BCUT2D eigenvalue weighted by Gasteiger charge is 2.18. The van der Waals surface area contributed by atoms with Crippen LogP contribution in [-0.2, 0) is 0 Å². The van der Waals surface area contributed by atoms with E-state index in [-0.39, 0.29) is 6.61 Å². The van der Waals surface area contributed by atoms with Crippen molar-refractivity contribution < 1.29 is 5.11 Å². The van der Waals surface area contributed by atoms with Crippen LogP contribution in [0.4, 0.5) is 11.8 Å². The zero-order valence-electron chi connectivity index (χ0n) is 16.2. The van der Waals surface area contributed by atoms with Gasteiger partial charge in [-0.15, -0.1) is 11.3 Å². The van der Waals surface area contributed by atoms with Gasteiger partial charge in [0.05, 0.1) is 21.7 Å². The average molecular weight is 387 g/mol. The molecular formula is C19H26N6OS. The second-order valence-corrected chi connectivity index (χ2v) is 7.57. The topological polar surface area (TPSA) is 95.8 Å². The highest BCUT2D eigenvalue weighted by Crippen LogP contribution is 2.36. The lowest BCUT2D eigenvalue weighted by atomic mass is 10.0. The predicted molar refractivity (Wildman–Crippen MR) is 111 cm³/mol. The first-order valence-corrected chi connectivity index (χ1v) is 10.0. The molecular weight excluding hydrogens is 360 g/mol. The van der Waals surface area contributed by atoms with Gasteiger partial charge in [-0.1, -0.05) is 13.3 Å². The summed E-state index contributed by atoms with van der Waals surface area (Å²) in [6, 6.07) is 1.99. The molecule has 3 N–H and O–H groups in total. The van der Waals surface area contributed by atoms with Crippen LogP contribution in [0.15, 0.2) is 12.3 Å². The summed E-state index contributed by atoms with van der Waals surface area (Å²) in [7, 11) is 1.81. The predicted octanol–water partition coefficient (Wildman–Crippen LogP) is 3.63. The van der Waals surface area contributed by atoms with Gasteiger partial charge < -0.3 is 15.7 Å². The van der Waals surface area contributed by atoms with Crippen molar-refractivity contribution in [2.45, 2.75) is 33.6 Å². The van der Waals surface area contributed by atoms with Crippen molar-refractivity contribution in [3.63, 3.8) is 0 Å². The summed E-state index contributed by atoms with van der Waals surface area (Å²) in [4.78, 5) is 18.3. The number of anilines is 2. The van der Waals surface area contributed by atoms with E-state index in [1.54, 1.807) is 11.3 Å². The minimum Gasteiger partial charge on any atom is -0.396 e. The smallest absolute Gasteiger partial charge is 0.224 e. The molecule has 144 valence electrons. The first-order valence-electron chi connectivity index (χ1n) is 9.21. The number of aryl methyl sites for hydroxylation is 2. The van der Waals surface area contributed by atoms with Gasteiger partial charge in [0.25, 0.3) is 0 Å². The molecule has 0 saturated heterocycles. The molecule has 0 aliphatic carbocycles. The molecule has 0 unspecified atom stereocenters. The zero-order chi connectivity index (χ0) is 19.4. The van der Waals surface area contributed by atoms with Crippen LogP contribution in [0.25, 0.3) is 20.8 Å². The fraction of sp³-hybridized carbons (Fsp3) is 0.474. The van der Waals surface area contributed by atoms with Gasteiger partial charge in [-0.3, -0.25) is 4.98 Å². The summed E-state index contributed by atoms with van der Waals surface area (Å²) in [5, 5.41) is 16.7. The number of rotatable bonds is 8. The third kappa shape index (κ3) is 4.17. The van der Waals surface area contributed by atoms with Crippen molar-refractivity contribution in [3.05, 3.63) is 23.7 Å². The molecule has 3 aromatic heterocycles. The Balaban J connectivity index is 1.98. The van der Waals surface area contributed by atoms with Crippen molar-refractivity contribution in [1.29, 1.82) is 0 Å². The number of pyridine rings is 1. The molecule has 27 heavy (non-hydrogen) atoms. The molecule has 0 spiro atoms. The van der Waals surface area contributed by atoms with Gasteiger partial charge in [-0.05, 0) is 32.3 Å². The van der Waals surface area contributed by atoms with E-state index in [2.05, 4.69) is 32.5 Å². The second-order valence-electron chi connectivity index (χ2n) is 6.54. The normalized spacial score (nSPS) is 12.3. The van der Waals surface area contributed by atoms with Crippen LogP contribution in [0.2, 0.25) is 0 Å². The molecule has 0 amide bonds. The van der Waals surface area contributed by atoms with Crippen LogP contribution in [0.3, 0.4) is 0 Å². The SMILES string of the molecule is CC[C@H](CO)CCNc1nc(NC)nc(C)c1-c1nc2c(C)nccc2s1. The van der Waals surface area contributed by atoms with Crippen LogP contribution >= 0.6 is 11.3 Å². The monoisotopic (exact) mass is 386 g/mol. The van der Waals surface area contributed by atoms with E-state index in [0.29, 0.717) is 11.9 Å². The van der Waals surface area contributed by atoms with E-state index in [0.717, 1.165) is 57.4 Å². The largest absolute Gasteiger partial charge is 0.396 e. The molecule has 1 atom stereocenters. The summed E-state index contributed by atoms with van der Waals surface area (Å²) in [6.07, 6.45) is 3.65. The quantitative estimate of drug-likeness (QED) is 0.544. The van der Waals surface area contributed by atoms with E-state index < -0.39 is 0 Å². The van der Waals surface area contributed by atoms with Gasteiger partial charge in [0.15, 0.2) is 0 Å². The Kier molecular flexibility index (Phi) is 6.18. The average Bonchev–Trinajstić information content (AvgIpc) is 3.10. The summed E-state index contributed by atoms with van der Waals surface area (Å²) >= 11 is 1.62. The standard InChI is InChI=1S/C19H26N6OS/c1-5-13(10-26)6-8-22-17-15(11(2)23-19(20-4)25-17)18-24-16-12(3)21-9-7-14(16)27-18/h7,9,13,26H,5-6,8,10H2,1-4H3,(H2,20,22,23,25)/t13-/m0/s1. The van der Waals surface area contributed by atoms with E-state index in [9.17, 15) is 5.11 Å². The Morgan fingerprint density at radius 3 is 2.67 bits per heavy atom. The fourth-order valence-electron chi connectivity index (χ4n) is 2.98. The Morgan fingerprint density at radius 2 is 2.00 bits per heavy atom. The molecule has 0 aliphatic heterocycles. The van der Waals surface area contributed by atoms with Gasteiger partial charge in [-0.2, -0.15) is 4.98 Å². The lowest BCUT2D eigenvalue weighted by Gasteiger charge is -2.15. The summed E-state index contributed by atoms with van der Waals surface area (Å²) in [5.74, 6) is 1.64. The molecule has 0 bridgehead atoms. The Morgan fingerprint density at radius 1 is 1.19 bits per heavy atom. The summed E-state index contributed by atoms with van der Waals surface area (Å²) in [6.45, 7) is 6.98. The summed E-state index contributed by atoms with van der Waals surface area (Å²) < 4.78 is 1.10. The first kappa shape index (κ1) is 19.4. The number of aromatic nitrogens is 4. The second kappa shape index (κ2) is 8.58. The molecule has 3 heterocycles. The van der Waals surface area contributed by atoms with Crippen molar-refractivity contribution in [2.24, 2.45) is 5.92 Å². The zero-order valence-corrected chi connectivity index (χ0v) is 17.0. The van der Waals surface area contributed by atoms with Gasteiger partial charge >= 0.3 is 0 Å². The van der Waals surface area contributed by atoms with Crippen LogP contribution in [0.5, 0.6) is 0 Å². The molecule has 3 aromatic rings. The van der Waals surface area contributed by atoms with Crippen molar-refractivity contribution in [2.75, 3.05) is 30.8 Å². The van der Waals surface area contributed by atoms with Crippen LogP contribution < -0.4 is 10.6 Å². The highest BCUT2D eigenvalue weighted by atomic mass is 32.1. The van der Waals surface area contributed by atoms with Gasteiger partial charge in [-0.25, -0.2) is 9.97 Å². The van der Waals surface area contributed by atoms with E-state index in [1.807, 2.05) is 33.2 Å². The third-order valence-corrected chi connectivity index (χ3v) is 5.74. The van der Waals surface area contributed by atoms with E-state index in [4.69, 9.17) is 4.98 Å². The Labute approximate surface area is 163 Å². The molecule has 3 rings (SSSR count). The maximum Gasteiger partial charge on any atom is 0.224 e. The molecule has 7 nitrogen and oxygen atoms in total. The van der Waals surface area contributed by atoms with Gasteiger partial charge in [0.1, 0.15) is 16.3 Å². The number of thiazole rings is 1. The number of hydrogen-bond donors (Lipinski definition) is 3. The number of aliphatic hydroxyl groups is 1. The third-order valence-electron chi connectivity index (χ3n) is 4.70. The molecule has 0 aliphatic rings. The number of aliphatic hydroxyl groups excluding tert-OH is 1. The minimum atomic E-state index is 0.208. The molecule has 0 saturated carbocycles. The number of fused-ring (bicyclic) bond motifs is 1. The number of nitrogens with zero attached hydrogens (tertiary/aromatic N) is 4. The first-order chi connectivity index (χ1) is 13.1. The Bertz CT molecular complexity index is 922. The lowest BCUT2D eigenvalue weighted by Crippen LogP contribution is -2.14. The van der Waals surface area contributed by atoms with Crippen molar-refractivity contribution in [1.82, 2.24) is 19.9 Å². The number of nitrogens with one attached hydrogen (secondary N) is 2. The fourth-order valence-corrected chi connectivity index (χ4v) is 4.09. The van der Waals surface area contributed by atoms with Crippen molar-refractivity contribution >= 4 is 33.3 Å². The Hall–Kier alpha value is -2.32. The van der Waals surface area contributed by atoms with Crippen molar-refractivity contribution in [3.8, 4) is 10.6 Å². The summed E-state index contributed by atoms with van der Waals surface area (Å²) in [5.41, 5.74) is 3.64. The maximum absolute atomic E-state index is 9.41. The van der Waals surface area contributed by atoms with Gasteiger partial charge in [0, 0.05) is 26.4 Å². The minimum absolute atomic E-state index is 0.208. The van der Waals surface area contributed by atoms with Crippen LogP contribution in [-0.4, -0.2) is 45.2 Å². The van der Waals surface area contributed by atoms with Gasteiger partial charge in [0.2, 0.25) is 5.95 Å². The van der Waals surface area contributed by atoms with Crippen LogP contribution in [0, 0.1) is 19.8 Å². The highest BCUT2D eigenvalue weighted by molar-refractivity contribution is 7.21. The molecule has 0 aromatic carbocycles. The molecule has 0 fully saturated rings. The number of hydrogen-bond acceptors (Lipinski definition) is 8. The lowest BCUT2D eigenvalue weighted by molar-refractivity contribution is 0.217. The maximum atomic E-state index is 9.41. The molecule has 8 heteroatoms. The molecule has 0 radical (unpaired) electrons. The van der Waals surface area contributed by atoms with E-state index in [1.165, 1.54) is 0 Å². The van der Waals surface area contributed by atoms with E-state index >= 15 is 0 Å². The van der Waals surface area contributed by atoms with Crippen LogP contribution in [0.1, 0.15) is 31.2 Å².